The Labute approximate surface area is 163 Å². The molecule has 0 aromatic rings. The summed E-state index contributed by atoms with van der Waals surface area (Å²) in [5, 5.41) is 0. The third-order valence-corrected chi connectivity index (χ3v) is 6.11. The Morgan fingerprint density at radius 1 is 0.846 bits per heavy atom. The van der Waals surface area contributed by atoms with Crippen LogP contribution in [0, 0.1) is 17.3 Å². The van der Waals surface area contributed by atoms with Crippen molar-refractivity contribution in [3.05, 3.63) is 0 Å². The van der Waals surface area contributed by atoms with E-state index in [2.05, 4.69) is 13.8 Å². The summed E-state index contributed by atoms with van der Waals surface area (Å²) < 4.78 is 5.90. The predicted octanol–water partition coefficient (Wildman–Crippen LogP) is 7.35. The van der Waals surface area contributed by atoms with Crippen LogP contribution < -0.4 is 0 Å². The maximum absolute atomic E-state index is 11.6. The monoisotopic (exact) mass is 366 g/mol. The Morgan fingerprint density at radius 2 is 1.46 bits per heavy atom. The zero-order valence-corrected chi connectivity index (χ0v) is 18.3. The van der Waals surface area contributed by atoms with Gasteiger partial charge in [-0.25, -0.2) is 0 Å². The summed E-state index contributed by atoms with van der Waals surface area (Å²) in [5.41, 5.74) is 0.628. The Balaban J connectivity index is 1.97. The second-order valence-electron chi connectivity index (χ2n) is 9.51. The molecule has 0 saturated heterocycles. The highest BCUT2D eigenvalue weighted by Crippen LogP contribution is 2.44. The van der Waals surface area contributed by atoms with Crippen LogP contribution in [0.1, 0.15) is 118 Å². The largest absolute Gasteiger partial charge is 0.381 e. The third-order valence-electron chi connectivity index (χ3n) is 6.11. The van der Waals surface area contributed by atoms with E-state index in [9.17, 15) is 4.79 Å². The second kappa shape index (κ2) is 13.7. The van der Waals surface area contributed by atoms with Gasteiger partial charge >= 0.3 is 0 Å². The van der Waals surface area contributed by atoms with Gasteiger partial charge in [-0.15, -0.1) is 0 Å². The van der Waals surface area contributed by atoms with Gasteiger partial charge in [0.25, 0.3) is 0 Å². The average molecular weight is 367 g/mol. The van der Waals surface area contributed by atoms with Crippen LogP contribution in [-0.2, 0) is 9.53 Å². The highest BCUT2D eigenvalue weighted by atomic mass is 16.5. The Kier molecular flexibility index (Phi) is 12.5. The van der Waals surface area contributed by atoms with E-state index in [0.717, 1.165) is 32.0 Å². The molecule has 0 spiro atoms. The van der Waals surface area contributed by atoms with E-state index >= 15 is 0 Å². The Morgan fingerprint density at radius 3 is 2.12 bits per heavy atom. The normalized spacial score (nSPS) is 17.2. The molecule has 1 saturated carbocycles. The van der Waals surface area contributed by atoms with Crippen molar-refractivity contribution in [1.29, 1.82) is 0 Å². The number of carbonyl (C=O) groups excluding carboxylic acids is 1. The lowest BCUT2D eigenvalue weighted by atomic mass is 9.67. The topological polar surface area (TPSA) is 26.3 Å². The van der Waals surface area contributed by atoms with Crippen LogP contribution in [0.25, 0.3) is 0 Å². The van der Waals surface area contributed by atoms with Crippen LogP contribution in [0.2, 0.25) is 0 Å². The fraction of sp³-hybridized carbons (Fsp3) is 0.958. The molecule has 1 aliphatic carbocycles. The van der Waals surface area contributed by atoms with E-state index in [0.29, 0.717) is 11.2 Å². The first kappa shape index (κ1) is 23.7. The van der Waals surface area contributed by atoms with Crippen molar-refractivity contribution in [1.82, 2.24) is 0 Å². The number of rotatable bonds is 15. The maximum atomic E-state index is 11.6. The molecular weight excluding hydrogens is 320 g/mol. The van der Waals surface area contributed by atoms with Gasteiger partial charge in [-0.1, -0.05) is 66.2 Å². The predicted molar refractivity (Wildman–Crippen MR) is 113 cm³/mol. The zero-order chi connectivity index (χ0) is 19.3. The maximum Gasteiger partial charge on any atom is 0.135 e. The molecule has 2 heteroatoms. The molecule has 0 bridgehead atoms. The van der Waals surface area contributed by atoms with E-state index in [1.807, 2.05) is 13.8 Å². The van der Waals surface area contributed by atoms with Crippen molar-refractivity contribution in [2.45, 2.75) is 118 Å². The molecule has 26 heavy (non-hydrogen) atoms. The molecule has 1 aliphatic rings. The van der Waals surface area contributed by atoms with Crippen LogP contribution >= 0.6 is 0 Å². The molecule has 0 aliphatic heterocycles. The Bertz CT molecular complexity index is 353. The summed E-state index contributed by atoms with van der Waals surface area (Å²) in [5.74, 6) is 1.45. The number of unbranched alkanes of at least 4 members (excludes halogenated alkanes) is 4. The first-order valence-electron chi connectivity index (χ1n) is 11.6. The highest BCUT2D eigenvalue weighted by Gasteiger charge is 2.31. The van der Waals surface area contributed by atoms with Crippen molar-refractivity contribution in [2.75, 3.05) is 13.2 Å². The first-order valence-corrected chi connectivity index (χ1v) is 11.6. The molecule has 1 fully saturated rings. The molecule has 1 rings (SSSR count). The van der Waals surface area contributed by atoms with Gasteiger partial charge in [0.2, 0.25) is 0 Å². The molecule has 0 atom stereocenters. The van der Waals surface area contributed by atoms with Gasteiger partial charge in [0.15, 0.2) is 0 Å². The SMILES string of the molecule is CC(C)CC1(CCCOCCCCCCCC(=O)C(C)C)CCCCC1. The highest BCUT2D eigenvalue weighted by molar-refractivity contribution is 5.80. The van der Waals surface area contributed by atoms with Crippen molar-refractivity contribution in [3.8, 4) is 0 Å². The quantitative estimate of drug-likeness (QED) is 0.283. The summed E-state index contributed by atoms with van der Waals surface area (Å²) in [6.45, 7) is 10.6. The molecule has 0 unspecified atom stereocenters. The van der Waals surface area contributed by atoms with Gasteiger partial charge in [0.05, 0.1) is 0 Å². The average Bonchev–Trinajstić information content (AvgIpc) is 2.59. The summed E-state index contributed by atoms with van der Waals surface area (Å²) in [6, 6.07) is 0. The number of Topliss-reactive ketones (excluding diaryl/α,β-unsaturated/α-hetero) is 1. The van der Waals surface area contributed by atoms with Crippen LogP contribution in [0.5, 0.6) is 0 Å². The summed E-state index contributed by atoms with van der Waals surface area (Å²) in [6.07, 6.45) is 17.9. The lowest BCUT2D eigenvalue weighted by Crippen LogP contribution is -2.26. The van der Waals surface area contributed by atoms with Crippen molar-refractivity contribution in [2.24, 2.45) is 17.3 Å². The van der Waals surface area contributed by atoms with Crippen LogP contribution in [0.4, 0.5) is 0 Å². The summed E-state index contributed by atoms with van der Waals surface area (Å²) in [7, 11) is 0. The van der Waals surface area contributed by atoms with E-state index < -0.39 is 0 Å². The first-order chi connectivity index (χ1) is 12.5. The van der Waals surface area contributed by atoms with Gasteiger partial charge in [-0.2, -0.15) is 0 Å². The fourth-order valence-corrected chi connectivity index (χ4v) is 4.70. The summed E-state index contributed by atoms with van der Waals surface area (Å²) >= 11 is 0. The van der Waals surface area contributed by atoms with Gasteiger partial charge in [0.1, 0.15) is 5.78 Å². The van der Waals surface area contributed by atoms with E-state index in [4.69, 9.17) is 4.74 Å². The molecule has 0 amide bonds. The van der Waals surface area contributed by atoms with Gasteiger partial charge in [-0.3, -0.25) is 4.79 Å². The molecule has 0 radical (unpaired) electrons. The summed E-state index contributed by atoms with van der Waals surface area (Å²) in [4.78, 5) is 11.6. The lowest BCUT2D eigenvalue weighted by molar-refractivity contribution is -0.122. The van der Waals surface area contributed by atoms with Crippen LogP contribution in [0.15, 0.2) is 0 Å². The number of carbonyl (C=O) groups is 1. The second-order valence-corrected chi connectivity index (χ2v) is 9.51. The molecule has 154 valence electrons. The zero-order valence-electron chi connectivity index (χ0n) is 18.3. The van der Waals surface area contributed by atoms with E-state index in [1.165, 1.54) is 77.0 Å². The van der Waals surface area contributed by atoms with Crippen LogP contribution in [0.3, 0.4) is 0 Å². The van der Waals surface area contributed by atoms with E-state index in [1.54, 1.807) is 0 Å². The van der Waals surface area contributed by atoms with Gasteiger partial charge < -0.3 is 4.74 Å². The van der Waals surface area contributed by atoms with Gasteiger partial charge in [-0.05, 0) is 56.3 Å². The standard InChI is InChI=1S/C24H46O2/c1-21(2)20-24(15-10-8-11-16-24)17-13-19-26-18-12-7-5-6-9-14-23(25)22(3)4/h21-22H,5-20H2,1-4H3. The van der Waals surface area contributed by atoms with Crippen molar-refractivity contribution >= 4 is 5.78 Å². The number of hydrogen-bond acceptors (Lipinski definition) is 2. The third kappa shape index (κ3) is 10.7. The Hall–Kier alpha value is -0.370. The molecule has 0 heterocycles. The molecule has 0 N–H and O–H groups in total. The van der Waals surface area contributed by atoms with Crippen LogP contribution in [-0.4, -0.2) is 19.0 Å². The molecule has 0 aromatic carbocycles. The van der Waals surface area contributed by atoms with Crippen molar-refractivity contribution < 1.29 is 9.53 Å². The minimum absolute atomic E-state index is 0.205. The minimum atomic E-state index is 0.205. The number of ketones is 1. The fourth-order valence-electron chi connectivity index (χ4n) is 4.70. The number of hydrogen-bond donors (Lipinski definition) is 0. The van der Waals surface area contributed by atoms with Crippen molar-refractivity contribution in [3.63, 3.8) is 0 Å². The lowest BCUT2D eigenvalue weighted by Gasteiger charge is -2.39. The molecular formula is C24H46O2. The smallest absolute Gasteiger partial charge is 0.135 e. The van der Waals surface area contributed by atoms with E-state index in [-0.39, 0.29) is 5.92 Å². The van der Waals surface area contributed by atoms with Gasteiger partial charge in [0, 0.05) is 25.6 Å². The minimum Gasteiger partial charge on any atom is -0.381 e. The molecule has 0 aromatic heterocycles. The number of ether oxygens (including phenoxy) is 1. The molecule has 2 nitrogen and oxygen atoms in total.